The summed E-state index contributed by atoms with van der Waals surface area (Å²) in [5, 5.41) is 3.42. The van der Waals surface area contributed by atoms with Crippen LogP contribution in [0.3, 0.4) is 0 Å². The summed E-state index contributed by atoms with van der Waals surface area (Å²) in [6.45, 7) is 3.95. The van der Waals surface area contributed by atoms with Gasteiger partial charge in [-0.1, -0.05) is 70.4 Å². The molecular formula is C21H41N3. The van der Waals surface area contributed by atoms with Crippen LogP contribution in [0, 0.1) is 0 Å². The molecule has 1 rings (SSSR count). The number of rotatable bonds is 16. The Morgan fingerprint density at radius 1 is 0.917 bits per heavy atom. The first-order valence-electron chi connectivity index (χ1n) is 10.4. The molecule has 0 aromatic rings. The molecule has 1 aliphatic heterocycles. The van der Waals surface area contributed by atoms with Crippen LogP contribution in [0.25, 0.3) is 0 Å². The Hall–Kier alpha value is -0.960. The molecule has 1 atom stereocenters. The summed E-state index contributed by atoms with van der Waals surface area (Å²) >= 11 is 0. The van der Waals surface area contributed by atoms with E-state index in [0.29, 0.717) is 6.17 Å². The van der Waals surface area contributed by atoms with Crippen LogP contribution in [0.15, 0.2) is 24.6 Å². The fourth-order valence-electron chi connectivity index (χ4n) is 3.30. The smallest absolute Gasteiger partial charge is 0.0981 e. The van der Waals surface area contributed by atoms with Crippen LogP contribution >= 0.6 is 0 Å². The lowest BCUT2D eigenvalue weighted by molar-refractivity contribution is 0.264. The number of nitrogens with two attached hydrogens (primary N) is 1. The third-order valence-corrected chi connectivity index (χ3v) is 4.83. The zero-order valence-electron chi connectivity index (χ0n) is 16.0. The monoisotopic (exact) mass is 335 g/mol. The average molecular weight is 336 g/mol. The minimum atomic E-state index is 0.485. The van der Waals surface area contributed by atoms with Crippen LogP contribution < -0.4 is 11.1 Å². The van der Waals surface area contributed by atoms with Crippen molar-refractivity contribution < 1.29 is 0 Å². The van der Waals surface area contributed by atoms with Crippen molar-refractivity contribution in [2.45, 2.75) is 96.6 Å². The molecule has 0 aliphatic carbocycles. The number of nitrogens with one attached hydrogen (secondary N) is 1. The Bertz CT molecular complexity index is 325. The zero-order valence-corrected chi connectivity index (χ0v) is 16.0. The lowest BCUT2D eigenvalue weighted by atomic mass is 10.1. The molecule has 0 saturated carbocycles. The van der Waals surface area contributed by atoms with Gasteiger partial charge in [-0.05, 0) is 32.1 Å². The van der Waals surface area contributed by atoms with Gasteiger partial charge in [-0.15, -0.1) is 0 Å². The zero-order chi connectivity index (χ0) is 17.3. The lowest BCUT2D eigenvalue weighted by Gasteiger charge is -2.25. The summed E-state index contributed by atoms with van der Waals surface area (Å²) in [6, 6.07) is 0. The van der Waals surface area contributed by atoms with Crippen molar-refractivity contribution in [1.82, 2.24) is 10.2 Å². The number of allylic oxidation sites excluding steroid dienone is 2. The molecule has 140 valence electrons. The van der Waals surface area contributed by atoms with Gasteiger partial charge in [-0.25, -0.2) is 0 Å². The van der Waals surface area contributed by atoms with Crippen LogP contribution in [0.5, 0.6) is 0 Å². The Labute approximate surface area is 150 Å². The molecule has 0 aromatic carbocycles. The molecule has 0 saturated heterocycles. The van der Waals surface area contributed by atoms with Gasteiger partial charge in [0.2, 0.25) is 0 Å². The molecule has 0 spiro atoms. The van der Waals surface area contributed by atoms with E-state index in [1.54, 1.807) is 0 Å². The first kappa shape index (κ1) is 21.1. The maximum Gasteiger partial charge on any atom is 0.0981 e. The van der Waals surface area contributed by atoms with Gasteiger partial charge in [-0.3, -0.25) is 0 Å². The Morgan fingerprint density at radius 2 is 1.54 bits per heavy atom. The Morgan fingerprint density at radius 3 is 2.21 bits per heavy atom. The third-order valence-electron chi connectivity index (χ3n) is 4.83. The van der Waals surface area contributed by atoms with E-state index in [9.17, 15) is 0 Å². The average Bonchev–Trinajstić information content (AvgIpc) is 3.03. The predicted octanol–water partition coefficient (Wildman–Crippen LogP) is 5.30. The third kappa shape index (κ3) is 10.7. The van der Waals surface area contributed by atoms with Crippen LogP contribution in [-0.2, 0) is 0 Å². The van der Waals surface area contributed by atoms with Crippen molar-refractivity contribution in [3.63, 3.8) is 0 Å². The minimum absolute atomic E-state index is 0.485. The molecule has 24 heavy (non-hydrogen) atoms. The van der Waals surface area contributed by atoms with Crippen molar-refractivity contribution in [2.75, 3.05) is 13.1 Å². The van der Waals surface area contributed by atoms with Gasteiger partial charge in [0.25, 0.3) is 0 Å². The Kier molecular flexibility index (Phi) is 13.7. The number of nitrogens with zero attached hydrogens (tertiary/aromatic N) is 1. The van der Waals surface area contributed by atoms with Gasteiger partial charge in [0.05, 0.1) is 6.17 Å². The van der Waals surface area contributed by atoms with Gasteiger partial charge in [-0.2, -0.15) is 0 Å². The van der Waals surface area contributed by atoms with Crippen molar-refractivity contribution in [2.24, 2.45) is 5.73 Å². The summed E-state index contributed by atoms with van der Waals surface area (Å²) in [7, 11) is 0. The normalized spacial score (nSPS) is 17.1. The predicted molar refractivity (Wildman–Crippen MR) is 107 cm³/mol. The van der Waals surface area contributed by atoms with E-state index in [2.05, 4.69) is 41.7 Å². The van der Waals surface area contributed by atoms with Gasteiger partial charge in [0.15, 0.2) is 0 Å². The maximum atomic E-state index is 5.64. The topological polar surface area (TPSA) is 41.3 Å². The van der Waals surface area contributed by atoms with E-state index in [1.165, 1.54) is 83.5 Å². The second-order valence-electron chi connectivity index (χ2n) is 7.04. The van der Waals surface area contributed by atoms with Gasteiger partial charge < -0.3 is 16.0 Å². The molecule has 1 heterocycles. The molecule has 0 fully saturated rings. The molecular weight excluding hydrogens is 294 g/mol. The standard InChI is InChI=1S/C21H41N3/c1-2-3-4-5-6-7-8-9-10-11-12-13-14-15-16-21-23-18-20-24(21)19-17-22/h5-6,18,20-21,23H,2-4,7-17,19,22H2,1H3/b6-5+. The summed E-state index contributed by atoms with van der Waals surface area (Å²) in [5.74, 6) is 0. The van der Waals surface area contributed by atoms with Crippen molar-refractivity contribution in [3.05, 3.63) is 24.6 Å². The number of hydrogen-bond donors (Lipinski definition) is 2. The van der Waals surface area contributed by atoms with Crippen LogP contribution in [0.2, 0.25) is 0 Å². The molecule has 3 nitrogen and oxygen atoms in total. The van der Waals surface area contributed by atoms with Gasteiger partial charge in [0, 0.05) is 25.5 Å². The van der Waals surface area contributed by atoms with E-state index in [1.807, 2.05) is 0 Å². The summed E-state index contributed by atoms with van der Waals surface area (Å²) in [4.78, 5) is 2.33. The first-order chi connectivity index (χ1) is 11.9. The highest BCUT2D eigenvalue weighted by Crippen LogP contribution is 2.15. The van der Waals surface area contributed by atoms with E-state index >= 15 is 0 Å². The molecule has 3 heteroatoms. The lowest BCUT2D eigenvalue weighted by Crippen LogP contribution is -2.37. The highest BCUT2D eigenvalue weighted by Gasteiger charge is 2.16. The molecule has 3 N–H and O–H groups in total. The highest BCUT2D eigenvalue weighted by molar-refractivity contribution is 4.94. The largest absolute Gasteiger partial charge is 0.370 e. The van der Waals surface area contributed by atoms with Crippen LogP contribution in [-0.4, -0.2) is 24.2 Å². The Balaban J connectivity index is 1.80. The second kappa shape index (κ2) is 15.6. The van der Waals surface area contributed by atoms with Crippen molar-refractivity contribution in [1.29, 1.82) is 0 Å². The second-order valence-corrected chi connectivity index (χ2v) is 7.04. The van der Waals surface area contributed by atoms with E-state index < -0.39 is 0 Å². The minimum Gasteiger partial charge on any atom is -0.370 e. The van der Waals surface area contributed by atoms with E-state index in [-0.39, 0.29) is 0 Å². The van der Waals surface area contributed by atoms with E-state index in [4.69, 9.17) is 5.73 Å². The van der Waals surface area contributed by atoms with Gasteiger partial charge in [0.1, 0.15) is 0 Å². The maximum absolute atomic E-state index is 5.64. The molecule has 0 aromatic heterocycles. The quantitative estimate of drug-likeness (QED) is 0.297. The highest BCUT2D eigenvalue weighted by atomic mass is 15.3. The van der Waals surface area contributed by atoms with Crippen molar-refractivity contribution in [3.8, 4) is 0 Å². The first-order valence-corrected chi connectivity index (χ1v) is 10.4. The van der Waals surface area contributed by atoms with E-state index in [0.717, 1.165) is 13.1 Å². The summed E-state index contributed by atoms with van der Waals surface area (Å²) < 4.78 is 0. The van der Waals surface area contributed by atoms with Crippen molar-refractivity contribution >= 4 is 0 Å². The fraction of sp³-hybridized carbons (Fsp3) is 0.810. The number of unbranched alkanes of at least 4 members (excludes halogenated alkanes) is 10. The van der Waals surface area contributed by atoms with Gasteiger partial charge >= 0.3 is 0 Å². The molecule has 0 amide bonds. The van der Waals surface area contributed by atoms with Crippen LogP contribution in [0.1, 0.15) is 90.4 Å². The summed E-state index contributed by atoms with van der Waals surface area (Å²) in [6.07, 6.45) is 27.0. The molecule has 0 bridgehead atoms. The summed E-state index contributed by atoms with van der Waals surface area (Å²) in [5.41, 5.74) is 5.64. The SMILES string of the molecule is CCCC/C=C/CCCCCCCCCCC1NC=CN1CCN. The van der Waals surface area contributed by atoms with Crippen LogP contribution in [0.4, 0.5) is 0 Å². The molecule has 0 radical (unpaired) electrons. The number of hydrogen-bond acceptors (Lipinski definition) is 3. The molecule has 1 unspecified atom stereocenters. The fourth-order valence-corrected chi connectivity index (χ4v) is 3.30. The molecule has 1 aliphatic rings.